The van der Waals surface area contributed by atoms with Gasteiger partial charge in [0, 0.05) is 22.7 Å². The highest BCUT2D eigenvalue weighted by molar-refractivity contribution is 6.14. The first-order valence-corrected chi connectivity index (χ1v) is 10.6. The molecule has 2 aromatic heterocycles. The van der Waals surface area contributed by atoms with Crippen molar-refractivity contribution < 1.29 is 33.1 Å². The number of fused-ring (bicyclic) bond motifs is 1. The first-order chi connectivity index (χ1) is 16.3. The standard InChI is InChI=1S/C24H23N3O7/c1-14(2)33-21(28)13-26-11-15(17-6-4-5-7-19(17)26)10-18-22(29)27(24(31)25-18)12-16-8-9-20(34-16)23(30)32-3/h4-11,14H,12-13H2,1-3H3,(H,25,31)/b18-10-. The molecule has 0 bridgehead atoms. The fourth-order valence-corrected chi connectivity index (χ4v) is 3.66. The van der Waals surface area contributed by atoms with Crippen molar-refractivity contribution in [3.05, 3.63) is 65.4 Å². The zero-order valence-electron chi connectivity index (χ0n) is 18.9. The van der Waals surface area contributed by atoms with E-state index in [1.54, 1.807) is 30.7 Å². The maximum atomic E-state index is 12.9. The van der Waals surface area contributed by atoms with Crippen molar-refractivity contribution in [1.29, 1.82) is 0 Å². The summed E-state index contributed by atoms with van der Waals surface area (Å²) in [4.78, 5) is 50.1. The molecule has 3 aromatic rings. The van der Waals surface area contributed by atoms with E-state index >= 15 is 0 Å². The number of nitrogens with one attached hydrogen (secondary N) is 1. The number of furan rings is 1. The van der Waals surface area contributed by atoms with Gasteiger partial charge in [0.1, 0.15) is 18.0 Å². The number of carbonyl (C=O) groups is 4. The van der Waals surface area contributed by atoms with Gasteiger partial charge in [-0.25, -0.2) is 9.59 Å². The van der Waals surface area contributed by atoms with Gasteiger partial charge >= 0.3 is 18.0 Å². The Morgan fingerprint density at radius 3 is 2.65 bits per heavy atom. The monoisotopic (exact) mass is 465 g/mol. The van der Waals surface area contributed by atoms with E-state index < -0.39 is 17.9 Å². The molecule has 1 aliphatic heterocycles. The van der Waals surface area contributed by atoms with Crippen LogP contribution in [0.25, 0.3) is 17.0 Å². The number of urea groups is 1. The number of carbonyl (C=O) groups excluding carboxylic acids is 4. The van der Waals surface area contributed by atoms with E-state index in [1.165, 1.54) is 19.2 Å². The maximum Gasteiger partial charge on any atom is 0.373 e. The molecule has 1 aliphatic rings. The van der Waals surface area contributed by atoms with Gasteiger partial charge in [0.25, 0.3) is 5.91 Å². The van der Waals surface area contributed by atoms with Crippen LogP contribution in [0.5, 0.6) is 0 Å². The largest absolute Gasteiger partial charge is 0.463 e. The molecule has 1 N–H and O–H groups in total. The number of methoxy groups -OCH3 is 1. The number of para-hydroxylation sites is 1. The van der Waals surface area contributed by atoms with Gasteiger partial charge in [0.2, 0.25) is 5.76 Å². The molecular weight excluding hydrogens is 442 g/mol. The molecule has 0 spiro atoms. The third-order valence-electron chi connectivity index (χ3n) is 5.11. The van der Waals surface area contributed by atoms with Crippen LogP contribution in [-0.4, -0.2) is 46.6 Å². The van der Waals surface area contributed by atoms with E-state index in [2.05, 4.69) is 10.1 Å². The Morgan fingerprint density at radius 2 is 1.91 bits per heavy atom. The summed E-state index contributed by atoms with van der Waals surface area (Å²) in [6.07, 6.45) is 3.07. The highest BCUT2D eigenvalue weighted by atomic mass is 16.5. The molecule has 10 heteroatoms. The molecule has 34 heavy (non-hydrogen) atoms. The molecule has 3 amide bonds. The van der Waals surface area contributed by atoms with Crippen molar-refractivity contribution in [1.82, 2.24) is 14.8 Å². The average Bonchev–Trinajstić information content (AvgIpc) is 3.47. The van der Waals surface area contributed by atoms with Crippen molar-refractivity contribution in [2.24, 2.45) is 0 Å². The Hall–Kier alpha value is -4.34. The van der Waals surface area contributed by atoms with Crippen LogP contribution in [0.1, 0.15) is 35.7 Å². The molecule has 1 saturated heterocycles. The minimum Gasteiger partial charge on any atom is -0.463 e. The lowest BCUT2D eigenvalue weighted by Crippen LogP contribution is -2.30. The van der Waals surface area contributed by atoms with Crippen molar-refractivity contribution in [2.45, 2.75) is 33.0 Å². The number of benzene rings is 1. The molecule has 3 heterocycles. The van der Waals surface area contributed by atoms with Gasteiger partial charge in [-0.2, -0.15) is 0 Å². The fourth-order valence-electron chi connectivity index (χ4n) is 3.66. The molecule has 0 unspecified atom stereocenters. The highest BCUT2D eigenvalue weighted by Crippen LogP contribution is 2.25. The molecule has 0 atom stereocenters. The third-order valence-corrected chi connectivity index (χ3v) is 5.11. The summed E-state index contributed by atoms with van der Waals surface area (Å²) in [5, 5.41) is 3.38. The van der Waals surface area contributed by atoms with E-state index in [0.717, 1.165) is 15.8 Å². The Morgan fingerprint density at radius 1 is 1.15 bits per heavy atom. The van der Waals surface area contributed by atoms with Crippen LogP contribution in [0.2, 0.25) is 0 Å². The summed E-state index contributed by atoms with van der Waals surface area (Å²) in [7, 11) is 1.23. The minimum absolute atomic E-state index is 0.00924. The van der Waals surface area contributed by atoms with Crippen LogP contribution in [0, 0.1) is 0 Å². The third kappa shape index (κ3) is 4.56. The first-order valence-electron chi connectivity index (χ1n) is 10.6. The van der Waals surface area contributed by atoms with Crippen LogP contribution >= 0.6 is 0 Å². The minimum atomic E-state index is -0.655. The summed E-state index contributed by atoms with van der Waals surface area (Å²) in [6.45, 7) is 3.42. The molecule has 0 radical (unpaired) electrons. The van der Waals surface area contributed by atoms with Gasteiger partial charge in [0.05, 0.1) is 19.8 Å². The molecule has 10 nitrogen and oxygen atoms in total. The summed E-state index contributed by atoms with van der Waals surface area (Å²) < 4.78 is 16.9. The lowest BCUT2D eigenvalue weighted by molar-refractivity contribution is -0.148. The zero-order valence-corrected chi connectivity index (χ0v) is 18.9. The Balaban J connectivity index is 1.58. The first kappa shape index (κ1) is 22.8. The quantitative estimate of drug-likeness (QED) is 0.323. The maximum absolute atomic E-state index is 12.9. The van der Waals surface area contributed by atoms with E-state index in [1.807, 2.05) is 24.3 Å². The normalized spacial score (nSPS) is 14.8. The lowest BCUT2D eigenvalue weighted by Gasteiger charge is -2.09. The number of aromatic nitrogens is 1. The number of hydrogen-bond donors (Lipinski definition) is 1. The fraction of sp³-hybridized carbons (Fsp3) is 0.250. The van der Waals surface area contributed by atoms with Crippen LogP contribution in [0.3, 0.4) is 0 Å². The van der Waals surface area contributed by atoms with Gasteiger partial charge in [-0.05, 0) is 38.1 Å². The van der Waals surface area contributed by atoms with E-state index in [-0.39, 0.29) is 42.4 Å². The van der Waals surface area contributed by atoms with Gasteiger partial charge < -0.3 is 23.8 Å². The number of esters is 2. The second-order valence-corrected chi connectivity index (χ2v) is 7.91. The number of nitrogens with zero attached hydrogens (tertiary/aromatic N) is 2. The average molecular weight is 465 g/mol. The van der Waals surface area contributed by atoms with Gasteiger partial charge in [-0.15, -0.1) is 0 Å². The zero-order chi connectivity index (χ0) is 24.4. The molecule has 0 saturated carbocycles. The van der Waals surface area contributed by atoms with Gasteiger partial charge in [0.15, 0.2) is 0 Å². The summed E-state index contributed by atoms with van der Waals surface area (Å²) in [5.41, 5.74) is 1.52. The van der Waals surface area contributed by atoms with E-state index in [9.17, 15) is 19.2 Å². The highest BCUT2D eigenvalue weighted by Gasteiger charge is 2.34. The molecule has 0 aliphatic carbocycles. The second-order valence-electron chi connectivity index (χ2n) is 7.91. The topological polar surface area (TPSA) is 120 Å². The summed E-state index contributed by atoms with van der Waals surface area (Å²) >= 11 is 0. The van der Waals surface area contributed by atoms with Crippen molar-refractivity contribution in [3.8, 4) is 0 Å². The molecule has 1 fully saturated rings. The number of rotatable bonds is 7. The van der Waals surface area contributed by atoms with Crippen molar-refractivity contribution in [3.63, 3.8) is 0 Å². The number of ether oxygens (including phenoxy) is 2. The molecule has 4 rings (SSSR count). The van der Waals surface area contributed by atoms with Crippen LogP contribution in [0.15, 0.2) is 52.7 Å². The smallest absolute Gasteiger partial charge is 0.373 e. The molecule has 1 aromatic carbocycles. The number of imide groups is 1. The van der Waals surface area contributed by atoms with Crippen molar-refractivity contribution >= 4 is 40.9 Å². The number of amides is 3. The second kappa shape index (κ2) is 9.26. The Kier molecular flexibility index (Phi) is 6.22. The van der Waals surface area contributed by atoms with Gasteiger partial charge in [-0.3, -0.25) is 14.5 Å². The summed E-state index contributed by atoms with van der Waals surface area (Å²) in [6, 6.07) is 9.71. The van der Waals surface area contributed by atoms with Gasteiger partial charge in [-0.1, -0.05) is 18.2 Å². The SMILES string of the molecule is COC(=O)c1ccc(CN2C(=O)N/C(=C\c3cn(CC(=O)OC(C)C)c4ccccc34)C2=O)o1. The summed E-state index contributed by atoms with van der Waals surface area (Å²) in [5.74, 6) is -1.35. The lowest BCUT2D eigenvalue weighted by atomic mass is 10.1. The number of hydrogen-bond acceptors (Lipinski definition) is 7. The van der Waals surface area contributed by atoms with Crippen LogP contribution in [0.4, 0.5) is 4.79 Å². The predicted octanol–water partition coefficient (Wildman–Crippen LogP) is 3.07. The molecule has 176 valence electrons. The Bertz CT molecular complexity index is 1320. The Labute approximate surface area is 194 Å². The van der Waals surface area contributed by atoms with Crippen LogP contribution < -0.4 is 5.32 Å². The molecular formula is C24H23N3O7. The predicted molar refractivity (Wildman–Crippen MR) is 120 cm³/mol. The van der Waals surface area contributed by atoms with Crippen molar-refractivity contribution in [2.75, 3.05) is 7.11 Å². The van der Waals surface area contributed by atoms with E-state index in [0.29, 0.717) is 5.56 Å². The van der Waals surface area contributed by atoms with Crippen LogP contribution in [-0.2, 0) is 32.2 Å². The van der Waals surface area contributed by atoms with E-state index in [4.69, 9.17) is 9.15 Å².